The maximum absolute atomic E-state index is 5.94. The van der Waals surface area contributed by atoms with E-state index in [1.807, 2.05) is 6.07 Å². The fourth-order valence-corrected chi connectivity index (χ4v) is 3.49. The summed E-state index contributed by atoms with van der Waals surface area (Å²) in [6, 6.07) is 4.11. The standard InChI is InChI=1S/C15H19ClN4S/c16-15-18-11-12(13-5-4-10-21-13)14(19-15)17-6-9-20-7-2-1-3-8-20/h4-5,10-11H,1-3,6-9H2,(H,17,18,19). The van der Waals surface area contributed by atoms with Gasteiger partial charge in [0.25, 0.3) is 0 Å². The zero-order valence-electron chi connectivity index (χ0n) is 11.9. The molecule has 0 aromatic carbocycles. The Hall–Kier alpha value is -1.17. The molecule has 112 valence electrons. The smallest absolute Gasteiger partial charge is 0.224 e. The monoisotopic (exact) mass is 322 g/mol. The summed E-state index contributed by atoms with van der Waals surface area (Å²) in [5.74, 6) is 0.828. The molecule has 0 aliphatic carbocycles. The third kappa shape index (κ3) is 3.93. The van der Waals surface area contributed by atoms with E-state index in [2.05, 4.69) is 31.6 Å². The summed E-state index contributed by atoms with van der Waals surface area (Å²) >= 11 is 7.62. The van der Waals surface area contributed by atoms with Crippen molar-refractivity contribution in [3.05, 3.63) is 29.0 Å². The lowest BCUT2D eigenvalue weighted by Crippen LogP contribution is -2.33. The molecule has 3 heterocycles. The van der Waals surface area contributed by atoms with Crippen molar-refractivity contribution in [2.75, 3.05) is 31.5 Å². The van der Waals surface area contributed by atoms with E-state index in [1.54, 1.807) is 17.5 Å². The van der Waals surface area contributed by atoms with Gasteiger partial charge >= 0.3 is 0 Å². The zero-order valence-corrected chi connectivity index (χ0v) is 13.5. The molecule has 6 heteroatoms. The summed E-state index contributed by atoms with van der Waals surface area (Å²) in [5.41, 5.74) is 1.02. The lowest BCUT2D eigenvalue weighted by atomic mass is 10.1. The first-order chi connectivity index (χ1) is 10.3. The number of piperidine rings is 1. The van der Waals surface area contributed by atoms with Gasteiger partial charge in [-0.15, -0.1) is 11.3 Å². The quantitative estimate of drug-likeness (QED) is 0.851. The Morgan fingerprint density at radius 2 is 2.14 bits per heavy atom. The van der Waals surface area contributed by atoms with Gasteiger partial charge in [0.05, 0.1) is 5.56 Å². The molecule has 0 saturated carbocycles. The number of nitrogens with zero attached hydrogens (tertiary/aromatic N) is 3. The molecule has 0 amide bonds. The Kier molecular flexibility index (Phi) is 5.06. The van der Waals surface area contributed by atoms with Gasteiger partial charge in [0.1, 0.15) is 5.82 Å². The molecule has 21 heavy (non-hydrogen) atoms. The number of halogens is 1. The van der Waals surface area contributed by atoms with E-state index in [0.717, 1.165) is 29.3 Å². The van der Waals surface area contributed by atoms with E-state index < -0.39 is 0 Å². The number of hydrogen-bond donors (Lipinski definition) is 1. The van der Waals surface area contributed by atoms with Crippen LogP contribution < -0.4 is 5.32 Å². The first-order valence-corrected chi connectivity index (χ1v) is 8.61. The second-order valence-corrected chi connectivity index (χ2v) is 6.49. The minimum absolute atomic E-state index is 0.288. The summed E-state index contributed by atoms with van der Waals surface area (Å²) in [6.07, 6.45) is 5.80. The lowest BCUT2D eigenvalue weighted by Gasteiger charge is -2.26. The number of aromatic nitrogens is 2. The number of anilines is 1. The van der Waals surface area contributed by atoms with Gasteiger partial charge in [-0.3, -0.25) is 0 Å². The van der Waals surface area contributed by atoms with E-state index in [4.69, 9.17) is 11.6 Å². The summed E-state index contributed by atoms with van der Waals surface area (Å²) in [7, 11) is 0. The van der Waals surface area contributed by atoms with Gasteiger partial charge in [-0.1, -0.05) is 12.5 Å². The maximum atomic E-state index is 5.94. The molecular weight excluding hydrogens is 304 g/mol. The molecule has 0 unspecified atom stereocenters. The van der Waals surface area contributed by atoms with Crippen molar-refractivity contribution in [2.45, 2.75) is 19.3 Å². The average molecular weight is 323 g/mol. The van der Waals surface area contributed by atoms with Crippen molar-refractivity contribution in [3.63, 3.8) is 0 Å². The van der Waals surface area contributed by atoms with Crippen molar-refractivity contribution < 1.29 is 0 Å². The predicted molar refractivity (Wildman–Crippen MR) is 89.1 cm³/mol. The highest BCUT2D eigenvalue weighted by Gasteiger charge is 2.12. The van der Waals surface area contributed by atoms with Crippen LogP contribution in [0.5, 0.6) is 0 Å². The summed E-state index contributed by atoms with van der Waals surface area (Å²) in [6.45, 7) is 4.35. The molecule has 1 aliphatic heterocycles. The van der Waals surface area contributed by atoms with Gasteiger partial charge in [0.2, 0.25) is 5.28 Å². The van der Waals surface area contributed by atoms with Gasteiger partial charge in [0, 0.05) is 24.2 Å². The molecule has 0 atom stereocenters. The molecule has 1 N–H and O–H groups in total. The van der Waals surface area contributed by atoms with Crippen molar-refractivity contribution in [3.8, 4) is 10.4 Å². The lowest BCUT2D eigenvalue weighted by molar-refractivity contribution is 0.237. The van der Waals surface area contributed by atoms with Crippen molar-refractivity contribution in [1.29, 1.82) is 0 Å². The van der Waals surface area contributed by atoms with Crippen molar-refractivity contribution in [1.82, 2.24) is 14.9 Å². The molecule has 0 radical (unpaired) electrons. The third-order valence-electron chi connectivity index (χ3n) is 3.72. The van der Waals surface area contributed by atoms with Crippen LogP contribution in [0.1, 0.15) is 19.3 Å². The molecule has 1 fully saturated rings. The highest BCUT2D eigenvalue weighted by Crippen LogP contribution is 2.30. The molecule has 0 bridgehead atoms. The highest BCUT2D eigenvalue weighted by molar-refractivity contribution is 7.13. The largest absolute Gasteiger partial charge is 0.368 e. The number of nitrogens with one attached hydrogen (secondary N) is 1. The van der Waals surface area contributed by atoms with E-state index in [-0.39, 0.29) is 5.28 Å². The van der Waals surface area contributed by atoms with Crippen LogP contribution >= 0.6 is 22.9 Å². The first-order valence-electron chi connectivity index (χ1n) is 7.35. The number of rotatable bonds is 5. The Labute approximate surface area is 134 Å². The van der Waals surface area contributed by atoms with Crippen LogP contribution in [0, 0.1) is 0 Å². The van der Waals surface area contributed by atoms with Crippen LogP contribution in [0.25, 0.3) is 10.4 Å². The molecule has 1 aliphatic rings. The second kappa shape index (κ2) is 7.20. The SMILES string of the molecule is Clc1ncc(-c2cccs2)c(NCCN2CCCCC2)n1. The van der Waals surface area contributed by atoms with Crippen LogP contribution in [0.15, 0.2) is 23.7 Å². The van der Waals surface area contributed by atoms with Crippen LogP contribution in [0.2, 0.25) is 5.28 Å². The molecule has 0 spiro atoms. The van der Waals surface area contributed by atoms with E-state index >= 15 is 0 Å². The van der Waals surface area contributed by atoms with E-state index in [1.165, 1.54) is 32.4 Å². The van der Waals surface area contributed by atoms with Gasteiger partial charge in [0.15, 0.2) is 0 Å². The number of likely N-dealkylation sites (tertiary alicyclic amines) is 1. The molecular formula is C15H19ClN4S. The van der Waals surface area contributed by atoms with Crippen LogP contribution in [0.3, 0.4) is 0 Å². The van der Waals surface area contributed by atoms with Crippen LogP contribution in [0.4, 0.5) is 5.82 Å². The maximum Gasteiger partial charge on any atom is 0.224 e. The van der Waals surface area contributed by atoms with Crippen molar-refractivity contribution in [2.24, 2.45) is 0 Å². The van der Waals surface area contributed by atoms with Gasteiger partial charge < -0.3 is 10.2 Å². The van der Waals surface area contributed by atoms with Crippen molar-refractivity contribution >= 4 is 28.8 Å². The Balaban J connectivity index is 1.65. The Bertz CT molecular complexity index is 567. The van der Waals surface area contributed by atoms with Gasteiger partial charge in [-0.2, -0.15) is 0 Å². The zero-order chi connectivity index (χ0) is 14.5. The van der Waals surface area contributed by atoms with Gasteiger partial charge in [-0.25, -0.2) is 9.97 Å². The fourth-order valence-electron chi connectivity index (χ4n) is 2.62. The molecule has 4 nitrogen and oxygen atoms in total. The normalized spacial score (nSPS) is 16.0. The van der Waals surface area contributed by atoms with E-state index in [0.29, 0.717) is 0 Å². The van der Waals surface area contributed by atoms with E-state index in [9.17, 15) is 0 Å². The van der Waals surface area contributed by atoms with Crippen LogP contribution in [-0.2, 0) is 0 Å². The van der Waals surface area contributed by atoms with Gasteiger partial charge in [-0.05, 0) is 49.0 Å². The molecule has 1 saturated heterocycles. The number of hydrogen-bond acceptors (Lipinski definition) is 5. The highest BCUT2D eigenvalue weighted by atomic mass is 35.5. The number of thiophene rings is 1. The second-order valence-electron chi connectivity index (χ2n) is 5.21. The fraction of sp³-hybridized carbons (Fsp3) is 0.467. The molecule has 2 aromatic heterocycles. The topological polar surface area (TPSA) is 41.1 Å². The first kappa shape index (κ1) is 14.8. The molecule has 2 aromatic rings. The minimum atomic E-state index is 0.288. The summed E-state index contributed by atoms with van der Waals surface area (Å²) < 4.78 is 0. The average Bonchev–Trinajstić information content (AvgIpc) is 3.03. The Morgan fingerprint density at radius 3 is 2.90 bits per heavy atom. The molecule has 3 rings (SSSR count). The third-order valence-corrected chi connectivity index (χ3v) is 4.80. The Morgan fingerprint density at radius 1 is 1.29 bits per heavy atom. The minimum Gasteiger partial charge on any atom is -0.368 e. The predicted octanol–water partition coefficient (Wildman–Crippen LogP) is 3.76. The van der Waals surface area contributed by atoms with Crippen LogP contribution in [-0.4, -0.2) is 41.0 Å². The summed E-state index contributed by atoms with van der Waals surface area (Å²) in [5, 5.41) is 5.76. The summed E-state index contributed by atoms with van der Waals surface area (Å²) in [4.78, 5) is 12.1.